The molecule has 23 heavy (non-hydrogen) atoms. The summed E-state index contributed by atoms with van der Waals surface area (Å²) in [6.07, 6.45) is 0.00886. The number of halogens is 2. The van der Waals surface area contributed by atoms with E-state index in [0.717, 1.165) is 17.7 Å². The Bertz CT molecular complexity index is 723. The minimum atomic E-state index is -5.55. The quantitative estimate of drug-likeness (QED) is 0.792. The molecule has 0 radical (unpaired) electrons. The third kappa shape index (κ3) is 3.96. The Morgan fingerprint density at radius 1 is 1.04 bits per heavy atom. The van der Waals surface area contributed by atoms with Gasteiger partial charge in [-0.15, -0.1) is 0 Å². The molecule has 0 fully saturated rings. The Labute approximate surface area is 132 Å². The smallest absolute Gasteiger partial charge is 0.399 e. The van der Waals surface area contributed by atoms with E-state index in [9.17, 15) is 13.3 Å². The molecule has 4 nitrogen and oxygen atoms in total. The van der Waals surface area contributed by atoms with E-state index in [1.165, 1.54) is 12.1 Å². The number of hydrogen-bond donors (Lipinski definition) is 2. The molecule has 0 aromatic heterocycles. The van der Waals surface area contributed by atoms with Crippen LogP contribution in [-0.4, -0.2) is 15.9 Å². The van der Waals surface area contributed by atoms with Crippen LogP contribution in [0.3, 0.4) is 0 Å². The summed E-state index contributed by atoms with van der Waals surface area (Å²) >= 11 is 0. The van der Waals surface area contributed by atoms with Crippen LogP contribution in [0.5, 0.6) is 5.75 Å². The predicted octanol–water partition coefficient (Wildman–Crippen LogP) is 4.37. The minimum Gasteiger partial charge on any atom is -0.491 e. The Morgan fingerprint density at radius 2 is 1.65 bits per heavy atom. The minimum absolute atomic E-state index is 0.00886. The lowest BCUT2D eigenvalue weighted by Gasteiger charge is -2.18. The molecule has 0 spiro atoms. The van der Waals surface area contributed by atoms with E-state index in [4.69, 9.17) is 14.5 Å². The second kappa shape index (κ2) is 6.40. The first-order chi connectivity index (χ1) is 10.6. The van der Waals surface area contributed by atoms with Crippen molar-refractivity contribution >= 4 is 7.60 Å². The molecule has 0 amide bonds. The molecule has 124 valence electrons. The zero-order valence-electron chi connectivity index (χ0n) is 12.6. The van der Waals surface area contributed by atoms with Gasteiger partial charge in [0.1, 0.15) is 5.75 Å². The average molecular weight is 342 g/mol. The first-order valence-corrected chi connectivity index (χ1v) is 8.53. The van der Waals surface area contributed by atoms with Crippen LogP contribution in [0.25, 0.3) is 11.1 Å². The molecule has 2 rings (SSSR count). The van der Waals surface area contributed by atoms with Crippen LogP contribution in [-0.2, 0) is 10.2 Å². The lowest BCUT2D eigenvalue weighted by atomic mass is 10.0. The molecule has 0 saturated carbocycles. The van der Waals surface area contributed by atoms with Gasteiger partial charge in [-0.2, -0.15) is 8.78 Å². The van der Waals surface area contributed by atoms with Gasteiger partial charge in [-0.25, -0.2) is 0 Å². The number of ether oxygens (including phenoxy) is 1. The van der Waals surface area contributed by atoms with Crippen molar-refractivity contribution in [1.29, 1.82) is 0 Å². The van der Waals surface area contributed by atoms with Gasteiger partial charge < -0.3 is 14.5 Å². The van der Waals surface area contributed by atoms with Crippen molar-refractivity contribution in [3.8, 4) is 16.9 Å². The average Bonchev–Trinajstić information content (AvgIpc) is 2.46. The Balaban J connectivity index is 2.32. The standard InChI is InChI=1S/C16H17F2O4P/c1-11(2)22-15-5-3-4-13(10-15)12-6-8-14(9-7-12)16(17,18)23(19,20)21/h3-11H,1-2H3,(H2,19,20,21). The van der Waals surface area contributed by atoms with Gasteiger partial charge in [-0.1, -0.05) is 36.4 Å². The molecule has 2 N–H and O–H groups in total. The second-order valence-electron chi connectivity index (χ2n) is 5.36. The van der Waals surface area contributed by atoms with E-state index >= 15 is 0 Å². The van der Waals surface area contributed by atoms with Crippen molar-refractivity contribution in [3.05, 3.63) is 54.1 Å². The molecule has 0 aliphatic heterocycles. The van der Waals surface area contributed by atoms with Gasteiger partial charge in [0.15, 0.2) is 0 Å². The Hall–Kier alpha value is -1.75. The third-order valence-corrected chi connectivity index (χ3v) is 4.13. The molecule has 0 aliphatic rings. The lowest BCUT2D eigenvalue weighted by molar-refractivity contribution is 0.0564. The summed E-state index contributed by atoms with van der Waals surface area (Å²) in [6.45, 7) is 3.79. The van der Waals surface area contributed by atoms with E-state index in [0.29, 0.717) is 11.3 Å². The molecule has 0 saturated heterocycles. The molecule has 0 bridgehead atoms. The molecule has 0 aliphatic carbocycles. The molecule has 7 heteroatoms. The van der Waals surface area contributed by atoms with E-state index in [-0.39, 0.29) is 6.10 Å². The molecular formula is C16H17F2O4P. The van der Waals surface area contributed by atoms with Gasteiger partial charge >= 0.3 is 13.3 Å². The number of benzene rings is 2. The highest BCUT2D eigenvalue weighted by Gasteiger charge is 2.50. The summed E-state index contributed by atoms with van der Waals surface area (Å²) in [5.41, 5.74) is -3.52. The number of rotatable bonds is 5. The van der Waals surface area contributed by atoms with Crippen LogP contribution in [0, 0.1) is 0 Å². The molecular weight excluding hydrogens is 325 g/mol. The monoisotopic (exact) mass is 342 g/mol. The molecule has 2 aromatic rings. The van der Waals surface area contributed by atoms with Crippen molar-refractivity contribution in [2.24, 2.45) is 0 Å². The van der Waals surface area contributed by atoms with Crippen molar-refractivity contribution in [3.63, 3.8) is 0 Å². The second-order valence-corrected chi connectivity index (χ2v) is 7.01. The van der Waals surface area contributed by atoms with Crippen LogP contribution in [0.15, 0.2) is 48.5 Å². The Kier molecular flexibility index (Phi) is 4.90. The highest BCUT2D eigenvalue weighted by molar-refractivity contribution is 7.52. The summed E-state index contributed by atoms with van der Waals surface area (Å²) in [4.78, 5) is 17.5. The number of alkyl halides is 2. The maximum absolute atomic E-state index is 13.6. The fourth-order valence-corrected chi connectivity index (χ4v) is 2.54. The Morgan fingerprint density at radius 3 is 2.17 bits per heavy atom. The fourth-order valence-electron chi connectivity index (χ4n) is 2.05. The summed E-state index contributed by atoms with van der Waals surface area (Å²) in [6, 6.07) is 12.0. The highest BCUT2D eigenvalue weighted by atomic mass is 31.2. The van der Waals surface area contributed by atoms with Gasteiger partial charge in [0.05, 0.1) is 6.10 Å². The fraction of sp³-hybridized carbons (Fsp3) is 0.250. The zero-order chi connectivity index (χ0) is 17.3. The molecule has 2 aromatic carbocycles. The largest absolute Gasteiger partial charge is 0.491 e. The zero-order valence-corrected chi connectivity index (χ0v) is 13.5. The first kappa shape index (κ1) is 17.6. The van der Waals surface area contributed by atoms with Crippen LogP contribution in [0.1, 0.15) is 19.4 Å². The maximum atomic E-state index is 13.6. The predicted molar refractivity (Wildman–Crippen MR) is 83.6 cm³/mol. The van der Waals surface area contributed by atoms with E-state index < -0.39 is 18.8 Å². The van der Waals surface area contributed by atoms with Crippen molar-refractivity contribution < 1.29 is 27.9 Å². The highest BCUT2D eigenvalue weighted by Crippen LogP contribution is 2.59. The van der Waals surface area contributed by atoms with Crippen LogP contribution in [0.2, 0.25) is 0 Å². The summed E-state index contributed by atoms with van der Waals surface area (Å²) in [7, 11) is -5.55. The van der Waals surface area contributed by atoms with Crippen LogP contribution < -0.4 is 4.74 Å². The van der Waals surface area contributed by atoms with E-state index in [1.807, 2.05) is 13.8 Å². The maximum Gasteiger partial charge on any atom is 0.399 e. The van der Waals surface area contributed by atoms with Crippen LogP contribution >= 0.6 is 7.60 Å². The summed E-state index contributed by atoms with van der Waals surface area (Å²) < 4.78 is 43.7. The first-order valence-electron chi connectivity index (χ1n) is 6.92. The molecule has 0 atom stereocenters. The van der Waals surface area contributed by atoms with E-state index in [1.54, 1.807) is 24.3 Å². The van der Waals surface area contributed by atoms with Gasteiger partial charge in [-0.05, 0) is 37.1 Å². The van der Waals surface area contributed by atoms with Crippen LogP contribution in [0.4, 0.5) is 8.78 Å². The van der Waals surface area contributed by atoms with Gasteiger partial charge in [-0.3, -0.25) is 4.57 Å². The van der Waals surface area contributed by atoms with Gasteiger partial charge in [0.25, 0.3) is 0 Å². The van der Waals surface area contributed by atoms with E-state index in [2.05, 4.69) is 0 Å². The van der Waals surface area contributed by atoms with Crippen molar-refractivity contribution in [1.82, 2.24) is 0 Å². The topological polar surface area (TPSA) is 66.8 Å². The summed E-state index contributed by atoms with van der Waals surface area (Å²) in [5.74, 6) is 0.655. The third-order valence-electron chi connectivity index (χ3n) is 3.14. The lowest BCUT2D eigenvalue weighted by Crippen LogP contribution is -2.13. The molecule has 0 unspecified atom stereocenters. The number of hydrogen-bond acceptors (Lipinski definition) is 2. The van der Waals surface area contributed by atoms with Gasteiger partial charge in [0, 0.05) is 5.56 Å². The SMILES string of the molecule is CC(C)Oc1cccc(-c2ccc(C(F)(F)P(=O)(O)O)cc2)c1. The van der Waals surface area contributed by atoms with Gasteiger partial charge in [0.2, 0.25) is 0 Å². The molecule has 0 heterocycles. The summed E-state index contributed by atoms with van der Waals surface area (Å²) in [5, 5.41) is 0. The normalized spacial score (nSPS) is 12.5. The van der Waals surface area contributed by atoms with Crippen molar-refractivity contribution in [2.45, 2.75) is 25.6 Å². The van der Waals surface area contributed by atoms with Crippen molar-refractivity contribution in [2.75, 3.05) is 0 Å².